The molecule has 6 nitrogen and oxygen atoms in total. The quantitative estimate of drug-likeness (QED) is 0.393. The molecule has 0 aliphatic carbocycles. The Hall–Kier alpha value is -1.99. The van der Waals surface area contributed by atoms with E-state index in [-0.39, 0.29) is 17.8 Å². The topological polar surface area (TPSA) is 66.2 Å². The van der Waals surface area contributed by atoms with Crippen molar-refractivity contribution in [1.29, 1.82) is 0 Å². The van der Waals surface area contributed by atoms with E-state index in [1.807, 2.05) is 30.5 Å². The molecule has 0 bridgehead atoms. The molecule has 0 saturated heterocycles. The first-order chi connectivity index (χ1) is 12.0. The second kappa shape index (κ2) is 8.92. The zero-order chi connectivity index (χ0) is 18.4. The SMILES string of the molecule is C=CCn1c(SCC(=O)OC)nnc1C(C)Oc1cc(C)ccc1Cl. The van der Waals surface area contributed by atoms with Gasteiger partial charge in [0.1, 0.15) is 5.75 Å². The highest BCUT2D eigenvalue weighted by atomic mass is 35.5. The number of carbonyl (C=O) groups is 1. The van der Waals surface area contributed by atoms with Crippen LogP contribution in [0.15, 0.2) is 36.0 Å². The highest BCUT2D eigenvalue weighted by molar-refractivity contribution is 7.99. The first-order valence-corrected chi connectivity index (χ1v) is 8.99. The number of ether oxygens (including phenoxy) is 2. The molecule has 0 spiro atoms. The molecule has 1 aromatic carbocycles. The summed E-state index contributed by atoms with van der Waals surface area (Å²) in [5.41, 5.74) is 1.05. The molecule has 1 unspecified atom stereocenters. The highest BCUT2D eigenvalue weighted by Gasteiger charge is 2.20. The molecule has 8 heteroatoms. The number of hydrogen-bond donors (Lipinski definition) is 0. The maximum Gasteiger partial charge on any atom is 0.316 e. The number of benzene rings is 1. The lowest BCUT2D eigenvalue weighted by atomic mass is 10.2. The Morgan fingerprint density at radius 2 is 2.24 bits per heavy atom. The van der Waals surface area contributed by atoms with Gasteiger partial charge in [-0.05, 0) is 31.5 Å². The van der Waals surface area contributed by atoms with Gasteiger partial charge in [0.05, 0.1) is 17.9 Å². The lowest BCUT2D eigenvalue weighted by molar-refractivity contribution is -0.137. The predicted molar refractivity (Wildman–Crippen MR) is 98.2 cm³/mol. The Kier molecular flexibility index (Phi) is 6.90. The van der Waals surface area contributed by atoms with Gasteiger partial charge in [0.25, 0.3) is 0 Å². The third-order valence-electron chi connectivity index (χ3n) is 3.36. The minimum atomic E-state index is -0.376. The first-order valence-electron chi connectivity index (χ1n) is 7.62. The van der Waals surface area contributed by atoms with Crippen LogP contribution in [0.3, 0.4) is 0 Å². The molecule has 25 heavy (non-hydrogen) atoms. The second-order valence-electron chi connectivity index (χ2n) is 5.30. The van der Waals surface area contributed by atoms with Crippen molar-refractivity contribution < 1.29 is 14.3 Å². The van der Waals surface area contributed by atoms with Gasteiger partial charge < -0.3 is 9.47 Å². The van der Waals surface area contributed by atoms with E-state index >= 15 is 0 Å². The summed E-state index contributed by atoms with van der Waals surface area (Å²) in [5.74, 6) is 1.05. The van der Waals surface area contributed by atoms with Gasteiger partial charge >= 0.3 is 5.97 Å². The van der Waals surface area contributed by atoms with E-state index in [9.17, 15) is 4.79 Å². The molecule has 1 atom stereocenters. The van der Waals surface area contributed by atoms with E-state index in [1.165, 1.54) is 18.9 Å². The van der Waals surface area contributed by atoms with Crippen LogP contribution in [0.4, 0.5) is 0 Å². The Balaban J connectivity index is 2.22. The summed E-state index contributed by atoms with van der Waals surface area (Å²) < 4.78 is 12.5. The number of esters is 1. The van der Waals surface area contributed by atoms with Crippen LogP contribution in [0.25, 0.3) is 0 Å². The largest absolute Gasteiger partial charge is 0.481 e. The van der Waals surface area contributed by atoms with E-state index in [0.29, 0.717) is 28.3 Å². The minimum Gasteiger partial charge on any atom is -0.481 e. The molecule has 0 aliphatic rings. The van der Waals surface area contributed by atoms with E-state index in [0.717, 1.165) is 5.56 Å². The fourth-order valence-corrected chi connectivity index (χ4v) is 3.08. The number of thioether (sulfide) groups is 1. The molecular formula is C17H20ClN3O3S. The van der Waals surface area contributed by atoms with E-state index in [1.54, 1.807) is 12.1 Å². The van der Waals surface area contributed by atoms with Crippen molar-refractivity contribution in [2.24, 2.45) is 0 Å². The molecule has 2 rings (SSSR count). The number of rotatable bonds is 8. The number of aryl methyl sites for hydroxylation is 1. The minimum absolute atomic E-state index is 0.157. The number of carbonyl (C=O) groups excluding carboxylic acids is 1. The van der Waals surface area contributed by atoms with Gasteiger partial charge in [-0.2, -0.15) is 0 Å². The Morgan fingerprint density at radius 1 is 1.48 bits per heavy atom. The van der Waals surface area contributed by atoms with Crippen molar-refractivity contribution in [2.75, 3.05) is 12.9 Å². The van der Waals surface area contributed by atoms with E-state index in [2.05, 4.69) is 21.5 Å². The van der Waals surface area contributed by atoms with Crippen LogP contribution in [-0.2, 0) is 16.1 Å². The normalized spacial score (nSPS) is 11.8. The summed E-state index contributed by atoms with van der Waals surface area (Å²) in [6, 6.07) is 5.59. The lowest BCUT2D eigenvalue weighted by Crippen LogP contribution is -2.13. The van der Waals surface area contributed by atoms with Crippen LogP contribution < -0.4 is 4.74 Å². The Morgan fingerprint density at radius 3 is 2.92 bits per heavy atom. The van der Waals surface area contributed by atoms with Gasteiger partial charge in [0.15, 0.2) is 17.1 Å². The van der Waals surface area contributed by atoms with Gasteiger partial charge in [-0.3, -0.25) is 9.36 Å². The van der Waals surface area contributed by atoms with Crippen molar-refractivity contribution in [2.45, 2.75) is 31.7 Å². The van der Waals surface area contributed by atoms with E-state index in [4.69, 9.17) is 16.3 Å². The fourth-order valence-electron chi connectivity index (χ4n) is 2.13. The summed E-state index contributed by atoms with van der Waals surface area (Å²) in [4.78, 5) is 11.3. The molecular weight excluding hydrogens is 362 g/mol. The number of nitrogens with zero attached hydrogens (tertiary/aromatic N) is 3. The van der Waals surface area contributed by atoms with E-state index < -0.39 is 0 Å². The zero-order valence-electron chi connectivity index (χ0n) is 14.4. The maximum atomic E-state index is 11.3. The van der Waals surface area contributed by atoms with Gasteiger partial charge in [0, 0.05) is 6.54 Å². The van der Waals surface area contributed by atoms with Crippen LogP contribution in [0.1, 0.15) is 24.4 Å². The van der Waals surface area contributed by atoms with Gasteiger partial charge in [0.2, 0.25) is 0 Å². The molecule has 1 aromatic heterocycles. The number of aromatic nitrogens is 3. The molecule has 0 radical (unpaired) electrons. The molecule has 0 N–H and O–H groups in total. The standard InChI is InChI=1S/C17H20ClN3O3S/c1-5-8-21-16(19-20-17(21)25-10-15(22)23-4)12(3)24-14-9-11(2)6-7-13(14)18/h5-7,9,12H,1,8,10H2,2-4H3. The van der Waals surface area contributed by atoms with Crippen LogP contribution in [0.2, 0.25) is 5.02 Å². The summed E-state index contributed by atoms with van der Waals surface area (Å²) in [7, 11) is 1.35. The van der Waals surface area contributed by atoms with Crippen molar-refractivity contribution in [3.05, 3.63) is 47.3 Å². The maximum absolute atomic E-state index is 11.3. The number of allylic oxidation sites excluding steroid dienone is 1. The van der Waals surface area contributed by atoms with Crippen LogP contribution in [0.5, 0.6) is 5.75 Å². The summed E-state index contributed by atoms with van der Waals surface area (Å²) in [6.45, 7) is 8.10. The van der Waals surface area contributed by atoms with Crippen LogP contribution >= 0.6 is 23.4 Å². The fraction of sp³-hybridized carbons (Fsp3) is 0.353. The molecule has 1 heterocycles. The smallest absolute Gasteiger partial charge is 0.316 e. The van der Waals surface area contributed by atoms with Crippen molar-refractivity contribution in [3.8, 4) is 5.75 Å². The zero-order valence-corrected chi connectivity index (χ0v) is 15.9. The third-order valence-corrected chi connectivity index (χ3v) is 4.61. The summed E-state index contributed by atoms with van der Waals surface area (Å²) in [6.07, 6.45) is 1.36. The Bertz CT molecular complexity index is 764. The van der Waals surface area contributed by atoms with Gasteiger partial charge in [-0.25, -0.2) is 0 Å². The first kappa shape index (κ1) is 19.3. The molecule has 0 amide bonds. The molecule has 0 fully saturated rings. The van der Waals surface area contributed by atoms with Crippen molar-refractivity contribution >= 4 is 29.3 Å². The predicted octanol–water partition coefficient (Wildman–Crippen LogP) is 3.83. The number of hydrogen-bond acceptors (Lipinski definition) is 6. The van der Waals surface area contributed by atoms with Crippen molar-refractivity contribution in [1.82, 2.24) is 14.8 Å². The molecule has 2 aromatic rings. The third kappa shape index (κ3) is 4.99. The Labute approximate surface area is 156 Å². The molecule has 134 valence electrons. The van der Waals surface area contributed by atoms with Crippen LogP contribution in [0, 0.1) is 6.92 Å². The summed E-state index contributed by atoms with van der Waals surface area (Å²) in [5, 5.41) is 9.50. The number of methoxy groups -OCH3 is 1. The van der Waals surface area contributed by atoms with Crippen molar-refractivity contribution in [3.63, 3.8) is 0 Å². The monoisotopic (exact) mass is 381 g/mol. The van der Waals surface area contributed by atoms with Crippen LogP contribution in [-0.4, -0.2) is 33.6 Å². The molecule has 0 aliphatic heterocycles. The van der Waals surface area contributed by atoms with Gasteiger partial charge in [-0.1, -0.05) is 35.5 Å². The average Bonchev–Trinajstić information content (AvgIpc) is 2.99. The second-order valence-corrected chi connectivity index (χ2v) is 6.65. The average molecular weight is 382 g/mol. The summed E-state index contributed by atoms with van der Waals surface area (Å²) >= 11 is 7.45. The van der Waals surface area contributed by atoms with Gasteiger partial charge in [-0.15, -0.1) is 16.8 Å². The highest BCUT2D eigenvalue weighted by Crippen LogP contribution is 2.30. The molecule has 0 saturated carbocycles. The lowest BCUT2D eigenvalue weighted by Gasteiger charge is -2.17. The number of halogens is 1.